The van der Waals surface area contributed by atoms with Crippen LogP contribution in [0.3, 0.4) is 0 Å². The summed E-state index contributed by atoms with van der Waals surface area (Å²) in [5.41, 5.74) is 0.447. The van der Waals surface area contributed by atoms with Gasteiger partial charge in [0, 0.05) is 12.1 Å². The minimum atomic E-state index is -0.583. The molecule has 1 saturated heterocycles. The number of hydrogen-bond acceptors (Lipinski definition) is 4. The monoisotopic (exact) mass is 309 g/mol. The maximum atomic E-state index is 12.7. The zero-order valence-electron chi connectivity index (χ0n) is 12.3. The van der Waals surface area contributed by atoms with Gasteiger partial charge in [-0.2, -0.15) is 0 Å². The molecule has 1 heterocycles. The normalized spacial score (nSPS) is 30.7. The first-order valence-electron chi connectivity index (χ1n) is 7.60. The maximum absolute atomic E-state index is 12.7. The smallest absolute Gasteiger partial charge is 0.335 e. The van der Waals surface area contributed by atoms with E-state index in [9.17, 15) is 14.4 Å². The Kier molecular flexibility index (Phi) is 2.98. The molecule has 1 aliphatic heterocycles. The number of amides is 2. The Morgan fingerprint density at radius 3 is 2.43 bits per heavy atom. The molecule has 0 radical (unpaired) electrons. The molecule has 0 spiro atoms. The zero-order chi connectivity index (χ0) is 16.1. The van der Waals surface area contributed by atoms with Gasteiger partial charge in [-0.05, 0) is 30.4 Å². The fourth-order valence-electron chi connectivity index (χ4n) is 4.00. The van der Waals surface area contributed by atoms with Crippen LogP contribution >= 0.6 is 0 Å². The van der Waals surface area contributed by atoms with Crippen molar-refractivity contribution in [1.29, 1.82) is 0 Å². The van der Waals surface area contributed by atoms with Crippen LogP contribution in [0.4, 0.5) is 5.69 Å². The lowest BCUT2D eigenvalue weighted by Crippen LogP contribution is -2.32. The highest BCUT2D eigenvalue weighted by Crippen LogP contribution is 2.53. The Labute approximate surface area is 133 Å². The Bertz CT molecular complexity index is 736. The van der Waals surface area contributed by atoms with Crippen molar-refractivity contribution in [2.24, 2.45) is 23.7 Å². The van der Waals surface area contributed by atoms with Crippen LogP contribution in [0, 0.1) is 23.7 Å². The average Bonchev–Trinajstić information content (AvgIpc) is 3.21. The van der Waals surface area contributed by atoms with Gasteiger partial charge in [-0.15, -0.1) is 0 Å². The first kappa shape index (κ1) is 13.9. The summed E-state index contributed by atoms with van der Waals surface area (Å²) >= 11 is 0. The second kappa shape index (κ2) is 4.91. The van der Waals surface area contributed by atoms with Crippen molar-refractivity contribution in [2.45, 2.75) is 6.42 Å². The molecule has 2 amide bonds. The van der Waals surface area contributed by atoms with Crippen molar-refractivity contribution >= 4 is 23.5 Å². The summed E-state index contributed by atoms with van der Waals surface area (Å²) in [5, 5.41) is 0. The molecule has 3 aliphatic rings. The molecule has 2 bridgehead atoms. The van der Waals surface area contributed by atoms with Gasteiger partial charge in [0.15, 0.2) is 0 Å². The molecule has 5 nitrogen and oxygen atoms in total. The predicted molar refractivity (Wildman–Crippen MR) is 82.5 cm³/mol. The summed E-state index contributed by atoms with van der Waals surface area (Å²) < 4.78 is 5.06. The van der Waals surface area contributed by atoms with Crippen LogP contribution in [-0.2, 0) is 14.4 Å². The van der Waals surface area contributed by atoms with E-state index in [1.807, 2.05) is 0 Å². The summed E-state index contributed by atoms with van der Waals surface area (Å²) in [6.45, 7) is 3.34. The topological polar surface area (TPSA) is 63.7 Å². The average molecular weight is 309 g/mol. The van der Waals surface area contributed by atoms with Crippen LogP contribution in [0.5, 0.6) is 5.75 Å². The quantitative estimate of drug-likeness (QED) is 0.282. The van der Waals surface area contributed by atoms with Crippen molar-refractivity contribution < 1.29 is 19.1 Å². The SMILES string of the molecule is C=CC(=O)Oc1cccc(N2C(=O)[C@H]3[C@H](C2=O)[C@H]2C=C[C@H]3C2)c1. The molecule has 23 heavy (non-hydrogen) atoms. The van der Waals surface area contributed by atoms with Crippen LogP contribution in [-0.4, -0.2) is 17.8 Å². The second-order valence-electron chi connectivity index (χ2n) is 6.13. The number of benzene rings is 1. The summed E-state index contributed by atoms with van der Waals surface area (Å²) in [5.74, 6) is -0.727. The van der Waals surface area contributed by atoms with Gasteiger partial charge in [-0.1, -0.05) is 24.8 Å². The highest BCUT2D eigenvalue weighted by atomic mass is 16.5. The Hall–Kier alpha value is -2.69. The molecule has 5 heteroatoms. The van der Waals surface area contributed by atoms with E-state index < -0.39 is 5.97 Å². The van der Waals surface area contributed by atoms with Crippen molar-refractivity contribution in [3.05, 3.63) is 49.1 Å². The van der Waals surface area contributed by atoms with Gasteiger partial charge in [-0.3, -0.25) is 9.59 Å². The van der Waals surface area contributed by atoms with E-state index >= 15 is 0 Å². The number of imide groups is 1. The van der Waals surface area contributed by atoms with Gasteiger partial charge in [-0.25, -0.2) is 9.69 Å². The van der Waals surface area contributed by atoms with E-state index in [0.717, 1.165) is 12.5 Å². The molecule has 1 aromatic carbocycles. The highest BCUT2D eigenvalue weighted by molar-refractivity contribution is 6.22. The summed E-state index contributed by atoms with van der Waals surface area (Å²) in [6.07, 6.45) is 6.08. The van der Waals surface area contributed by atoms with Gasteiger partial charge in [0.25, 0.3) is 0 Å². The molecular weight excluding hydrogens is 294 g/mol. The van der Waals surface area contributed by atoms with Crippen LogP contribution in [0.15, 0.2) is 49.1 Å². The minimum absolute atomic E-state index is 0.149. The van der Waals surface area contributed by atoms with E-state index in [-0.39, 0.29) is 41.2 Å². The minimum Gasteiger partial charge on any atom is -0.423 e. The summed E-state index contributed by atoms with van der Waals surface area (Å²) in [4.78, 5) is 38.0. The molecular formula is C18H15NO4. The molecule has 0 N–H and O–H groups in total. The van der Waals surface area contributed by atoms with Crippen molar-refractivity contribution in [3.8, 4) is 5.75 Å². The van der Waals surface area contributed by atoms with Gasteiger partial charge in [0.1, 0.15) is 5.75 Å². The number of allylic oxidation sites excluding steroid dienone is 2. The molecule has 1 saturated carbocycles. The number of nitrogens with zero attached hydrogens (tertiary/aromatic N) is 1. The highest BCUT2D eigenvalue weighted by Gasteiger charge is 2.59. The third-order valence-corrected chi connectivity index (χ3v) is 4.93. The molecule has 2 aliphatic carbocycles. The molecule has 116 valence electrons. The molecule has 0 unspecified atom stereocenters. The number of anilines is 1. The van der Waals surface area contributed by atoms with E-state index in [1.165, 1.54) is 11.0 Å². The van der Waals surface area contributed by atoms with Crippen molar-refractivity contribution in [2.75, 3.05) is 4.90 Å². The third-order valence-electron chi connectivity index (χ3n) is 4.93. The van der Waals surface area contributed by atoms with Gasteiger partial charge in [0.2, 0.25) is 11.8 Å². The summed E-state index contributed by atoms with van der Waals surface area (Å²) in [6, 6.07) is 6.47. The van der Waals surface area contributed by atoms with E-state index in [1.54, 1.807) is 18.2 Å². The summed E-state index contributed by atoms with van der Waals surface area (Å²) in [7, 11) is 0. The molecule has 1 aromatic rings. The lowest BCUT2D eigenvalue weighted by Gasteiger charge is -2.17. The Morgan fingerprint density at radius 2 is 1.83 bits per heavy atom. The van der Waals surface area contributed by atoms with Crippen LogP contribution in [0.2, 0.25) is 0 Å². The molecule has 4 rings (SSSR count). The fourth-order valence-corrected chi connectivity index (χ4v) is 4.00. The number of esters is 1. The first-order valence-corrected chi connectivity index (χ1v) is 7.60. The van der Waals surface area contributed by atoms with Crippen LogP contribution in [0.1, 0.15) is 6.42 Å². The predicted octanol–water partition coefficient (Wildman–Crippen LogP) is 2.09. The van der Waals surface area contributed by atoms with E-state index in [2.05, 4.69) is 18.7 Å². The lowest BCUT2D eigenvalue weighted by atomic mass is 9.85. The number of ether oxygens (including phenoxy) is 1. The van der Waals surface area contributed by atoms with Crippen LogP contribution < -0.4 is 9.64 Å². The zero-order valence-corrected chi connectivity index (χ0v) is 12.3. The maximum Gasteiger partial charge on any atom is 0.335 e. The number of carbonyl (C=O) groups is 3. The molecule has 2 fully saturated rings. The van der Waals surface area contributed by atoms with Crippen LogP contribution in [0.25, 0.3) is 0 Å². The van der Waals surface area contributed by atoms with Gasteiger partial charge in [0.05, 0.1) is 17.5 Å². The number of rotatable bonds is 3. The molecule has 0 aromatic heterocycles. The molecule has 4 atom stereocenters. The van der Waals surface area contributed by atoms with E-state index in [4.69, 9.17) is 4.74 Å². The largest absolute Gasteiger partial charge is 0.423 e. The number of carbonyl (C=O) groups excluding carboxylic acids is 3. The number of fused-ring (bicyclic) bond motifs is 5. The Morgan fingerprint density at radius 1 is 1.17 bits per heavy atom. The number of hydrogen-bond donors (Lipinski definition) is 0. The standard InChI is InChI=1S/C18H15NO4/c1-2-14(20)23-13-5-3-4-12(9-13)19-17(21)15-10-6-7-11(8-10)16(15)18(19)22/h2-7,9-11,15-16H,1,8H2/t10-,11-,15+,16+/m0/s1. The lowest BCUT2D eigenvalue weighted by molar-refractivity contribution is -0.129. The van der Waals surface area contributed by atoms with Gasteiger partial charge >= 0.3 is 5.97 Å². The second-order valence-corrected chi connectivity index (χ2v) is 6.13. The first-order chi connectivity index (χ1) is 11.1. The van der Waals surface area contributed by atoms with E-state index in [0.29, 0.717) is 5.69 Å². The third kappa shape index (κ3) is 1.96. The van der Waals surface area contributed by atoms with Crippen molar-refractivity contribution in [3.63, 3.8) is 0 Å². The fraction of sp³-hybridized carbons (Fsp3) is 0.278. The van der Waals surface area contributed by atoms with Crippen molar-refractivity contribution in [1.82, 2.24) is 0 Å². The van der Waals surface area contributed by atoms with Gasteiger partial charge < -0.3 is 4.74 Å². The Balaban J connectivity index is 1.65.